The molecule has 100 valence electrons. The van der Waals surface area contributed by atoms with Crippen molar-refractivity contribution in [1.82, 2.24) is 4.90 Å². The normalized spacial score (nSPS) is 24.0. The molecule has 0 aliphatic heterocycles. The van der Waals surface area contributed by atoms with Crippen molar-refractivity contribution >= 4 is 49.1 Å². The van der Waals surface area contributed by atoms with E-state index in [1.807, 2.05) is 18.0 Å². The van der Waals surface area contributed by atoms with Crippen LogP contribution in [-0.2, 0) is 0 Å². The van der Waals surface area contributed by atoms with Crippen molar-refractivity contribution in [2.75, 3.05) is 7.05 Å². The maximum Gasteiger partial charge on any atom is 0.263 e. The van der Waals surface area contributed by atoms with Crippen molar-refractivity contribution in [3.63, 3.8) is 0 Å². The van der Waals surface area contributed by atoms with E-state index in [4.69, 9.17) is 0 Å². The summed E-state index contributed by atoms with van der Waals surface area (Å²) in [5, 5.41) is 0. The predicted molar refractivity (Wildman–Crippen MR) is 83.2 cm³/mol. The molecule has 1 aromatic rings. The number of carbonyl (C=O) groups excluding carboxylic acids is 1. The molecular weight excluding hydrogens is 378 g/mol. The van der Waals surface area contributed by atoms with Crippen molar-refractivity contribution in [2.24, 2.45) is 5.92 Å². The van der Waals surface area contributed by atoms with Crippen molar-refractivity contribution in [1.29, 1.82) is 0 Å². The summed E-state index contributed by atoms with van der Waals surface area (Å²) in [6.45, 7) is 2.30. The molecule has 1 saturated carbocycles. The lowest BCUT2D eigenvalue weighted by molar-refractivity contribution is 0.0684. The summed E-state index contributed by atoms with van der Waals surface area (Å²) in [6, 6.07) is 2.31. The third-order valence-electron chi connectivity index (χ3n) is 3.71. The van der Waals surface area contributed by atoms with E-state index < -0.39 is 0 Å². The number of carbonyl (C=O) groups is 1. The van der Waals surface area contributed by atoms with Crippen molar-refractivity contribution in [2.45, 2.75) is 38.6 Å². The molecule has 0 atom stereocenters. The average molecular weight is 395 g/mol. The van der Waals surface area contributed by atoms with Gasteiger partial charge >= 0.3 is 0 Å². The van der Waals surface area contributed by atoms with Gasteiger partial charge in [-0.1, -0.05) is 6.92 Å². The second-order valence-electron chi connectivity index (χ2n) is 5.06. The van der Waals surface area contributed by atoms with Crippen LogP contribution in [0.3, 0.4) is 0 Å². The van der Waals surface area contributed by atoms with Gasteiger partial charge in [-0.05, 0) is 69.5 Å². The number of halogens is 2. The molecule has 1 aliphatic carbocycles. The molecule has 18 heavy (non-hydrogen) atoms. The summed E-state index contributed by atoms with van der Waals surface area (Å²) in [5.41, 5.74) is 0. The predicted octanol–water partition coefficient (Wildman–Crippen LogP) is 4.92. The Bertz CT molecular complexity index is 419. The minimum atomic E-state index is 0.144. The van der Waals surface area contributed by atoms with Crippen molar-refractivity contribution in [3.05, 3.63) is 19.2 Å². The van der Waals surface area contributed by atoms with Crippen LogP contribution in [-0.4, -0.2) is 23.9 Å². The molecule has 0 aromatic carbocycles. The van der Waals surface area contributed by atoms with Crippen LogP contribution in [0.25, 0.3) is 0 Å². The number of hydrogen-bond acceptors (Lipinski definition) is 2. The van der Waals surface area contributed by atoms with Crippen LogP contribution in [0.15, 0.2) is 14.3 Å². The lowest BCUT2D eigenvalue weighted by Gasteiger charge is -2.33. The highest BCUT2D eigenvalue weighted by Crippen LogP contribution is 2.34. The Balaban J connectivity index is 2.04. The fourth-order valence-electron chi connectivity index (χ4n) is 2.42. The lowest BCUT2D eigenvalue weighted by Crippen LogP contribution is -2.38. The fraction of sp³-hybridized carbons (Fsp3) is 0.615. The fourth-order valence-corrected chi connectivity index (χ4v) is 4.44. The molecule has 0 radical (unpaired) electrons. The number of hydrogen-bond donors (Lipinski definition) is 0. The summed E-state index contributed by atoms with van der Waals surface area (Å²) in [7, 11) is 1.94. The highest BCUT2D eigenvalue weighted by atomic mass is 79.9. The van der Waals surface area contributed by atoms with Gasteiger partial charge in [-0.15, -0.1) is 11.3 Å². The zero-order valence-corrected chi connectivity index (χ0v) is 14.6. The van der Waals surface area contributed by atoms with Gasteiger partial charge < -0.3 is 4.90 Å². The summed E-state index contributed by atoms with van der Waals surface area (Å²) in [5.74, 6) is 0.959. The maximum atomic E-state index is 12.4. The van der Waals surface area contributed by atoms with E-state index >= 15 is 0 Å². The molecule has 2 nitrogen and oxygen atoms in total. The zero-order valence-electron chi connectivity index (χ0n) is 10.6. The first-order valence-electron chi connectivity index (χ1n) is 6.21. The minimum Gasteiger partial charge on any atom is -0.338 e. The first kappa shape index (κ1) is 14.5. The Kier molecular flexibility index (Phi) is 4.89. The van der Waals surface area contributed by atoms with Gasteiger partial charge in [0.1, 0.15) is 0 Å². The van der Waals surface area contributed by atoms with E-state index in [1.54, 1.807) is 0 Å². The van der Waals surface area contributed by atoms with Gasteiger partial charge in [0.2, 0.25) is 0 Å². The molecule has 0 bridgehead atoms. The van der Waals surface area contributed by atoms with Crippen LogP contribution in [0, 0.1) is 5.92 Å². The smallest absolute Gasteiger partial charge is 0.263 e. The molecule has 1 fully saturated rings. The van der Waals surface area contributed by atoms with Crippen LogP contribution in [0.4, 0.5) is 0 Å². The van der Waals surface area contributed by atoms with Gasteiger partial charge in [-0.25, -0.2) is 0 Å². The van der Waals surface area contributed by atoms with E-state index in [-0.39, 0.29) is 5.91 Å². The SMILES string of the molecule is CC1CCC(N(C)C(=O)c2cc(Br)c(Br)s2)CC1. The van der Waals surface area contributed by atoms with E-state index in [0.717, 1.165) is 31.9 Å². The zero-order chi connectivity index (χ0) is 13.3. The van der Waals surface area contributed by atoms with E-state index in [9.17, 15) is 4.79 Å². The molecule has 0 spiro atoms. The number of rotatable bonds is 2. The van der Waals surface area contributed by atoms with Crippen LogP contribution in [0.5, 0.6) is 0 Å². The average Bonchev–Trinajstić information content (AvgIpc) is 2.69. The third-order valence-corrected chi connectivity index (χ3v) is 6.95. The van der Waals surface area contributed by atoms with Gasteiger partial charge in [-0.3, -0.25) is 4.79 Å². The topological polar surface area (TPSA) is 20.3 Å². The van der Waals surface area contributed by atoms with E-state index in [0.29, 0.717) is 6.04 Å². The minimum absolute atomic E-state index is 0.144. The number of thiophene rings is 1. The molecule has 2 rings (SSSR count). The lowest BCUT2D eigenvalue weighted by atomic mass is 9.87. The van der Waals surface area contributed by atoms with Gasteiger partial charge in [0, 0.05) is 17.6 Å². The second kappa shape index (κ2) is 6.06. The molecule has 0 unspecified atom stereocenters. The van der Waals surface area contributed by atoms with Crippen LogP contribution in [0.2, 0.25) is 0 Å². The largest absolute Gasteiger partial charge is 0.338 e. The summed E-state index contributed by atoms with van der Waals surface area (Å²) < 4.78 is 1.94. The Labute approximate surface area is 129 Å². The highest BCUT2D eigenvalue weighted by Gasteiger charge is 2.26. The Morgan fingerprint density at radius 2 is 1.94 bits per heavy atom. The molecule has 1 aromatic heterocycles. The van der Waals surface area contributed by atoms with E-state index in [2.05, 4.69) is 38.8 Å². The molecule has 5 heteroatoms. The number of nitrogens with zero attached hydrogens (tertiary/aromatic N) is 1. The van der Waals surface area contributed by atoms with Crippen molar-refractivity contribution < 1.29 is 4.79 Å². The van der Waals surface area contributed by atoms with Gasteiger partial charge in [0.15, 0.2) is 0 Å². The standard InChI is InChI=1S/C13H17Br2NOS/c1-8-3-5-9(6-4-8)16(2)13(17)11-7-10(14)12(15)18-11/h7-9H,3-6H2,1-2H3. The first-order chi connectivity index (χ1) is 8.49. The molecule has 0 saturated heterocycles. The summed E-state index contributed by atoms with van der Waals surface area (Å²) >= 11 is 8.36. The van der Waals surface area contributed by atoms with Crippen LogP contribution < -0.4 is 0 Å². The summed E-state index contributed by atoms with van der Waals surface area (Å²) in [4.78, 5) is 15.1. The Hall–Kier alpha value is 0.130. The van der Waals surface area contributed by atoms with Gasteiger partial charge in [-0.2, -0.15) is 0 Å². The van der Waals surface area contributed by atoms with Crippen LogP contribution in [0.1, 0.15) is 42.3 Å². The molecule has 1 aliphatic rings. The molecule has 1 amide bonds. The third kappa shape index (κ3) is 3.17. The Morgan fingerprint density at radius 1 is 1.33 bits per heavy atom. The molecular formula is C13H17Br2NOS. The van der Waals surface area contributed by atoms with Crippen LogP contribution >= 0.6 is 43.2 Å². The molecule has 0 N–H and O–H groups in total. The monoisotopic (exact) mass is 393 g/mol. The van der Waals surface area contributed by atoms with Crippen molar-refractivity contribution in [3.8, 4) is 0 Å². The maximum absolute atomic E-state index is 12.4. The van der Waals surface area contributed by atoms with E-state index in [1.165, 1.54) is 24.2 Å². The van der Waals surface area contributed by atoms with Gasteiger partial charge in [0.05, 0.1) is 8.66 Å². The second-order valence-corrected chi connectivity index (χ2v) is 8.29. The quantitative estimate of drug-likeness (QED) is 0.696. The summed E-state index contributed by atoms with van der Waals surface area (Å²) in [6.07, 6.45) is 4.74. The Morgan fingerprint density at radius 3 is 2.44 bits per heavy atom. The number of amides is 1. The first-order valence-corrected chi connectivity index (χ1v) is 8.61. The molecule has 1 heterocycles. The van der Waals surface area contributed by atoms with Gasteiger partial charge in [0.25, 0.3) is 5.91 Å². The highest BCUT2D eigenvalue weighted by molar-refractivity contribution is 9.13.